The lowest BCUT2D eigenvalue weighted by molar-refractivity contribution is 0.0893. The molecule has 0 aliphatic heterocycles. The van der Waals surface area contributed by atoms with Crippen molar-refractivity contribution in [3.8, 4) is 0 Å². The van der Waals surface area contributed by atoms with Crippen LogP contribution in [-0.4, -0.2) is 23.0 Å². The van der Waals surface area contributed by atoms with Gasteiger partial charge in [-0.1, -0.05) is 0 Å². The van der Waals surface area contributed by atoms with E-state index in [4.69, 9.17) is 5.73 Å². The first-order valence-corrected chi connectivity index (χ1v) is 6.21. The lowest BCUT2D eigenvalue weighted by atomic mass is 9.96. The summed E-state index contributed by atoms with van der Waals surface area (Å²) in [4.78, 5) is 14.9. The molecule has 2 rings (SSSR count). The van der Waals surface area contributed by atoms with Crippen molar-refractivity contribution in [2.24, 2.45) is 11.7 Å². The minimum atomic E-state index is -0.269. The average molecular weight is 286 g/mol. The molecule has 1 aliphatic carbocycles. The number of nitrogens with one attached hydrogen (secondary N) is 2. The first-order valence-electron chi connectivity index (χ1n) is 5.41. The summed E-state index contributed by atoms with van der Waals surface area (Å²) in [5, 5.41) is 3.02. The molecule has 0 aromatic carbocycles. The van der Waals surface area contributed by atoms with Crippen molar-refractivity contribution >= 4 is 21.8 Å². The number of amides is 1. The number of halogens is 1. The van der Waals surface area contributed by atoms with Crippen molar-refractivity contribution in [1.29, 1.82) is 0 Å². The van der Waals surface area contributed by atoms with Crippen LogP contribution in [0.5, 0.6) is 0 Å². The molecular weight excluding hydrogens is 270 g/mol. The van der Waals surface area contributed by atoms with Crippen molar-refractivity contribution in [1.82, 2.24) is 10.3 Å². The van der Waals surface area contributed by atoms with Gasteiger partial charge in [0.15, 0.2) is 0 Å². The van der Waals surface area contributed by atoms with E-state index in [1.807, 2.05) is 6.92 Å². The molecule has 1 amide bonds. The quantitative estimate of drug-likeness (QED) is 0.787. The van der Waals surface area contributed by atoms with Crippen LogP contribution < -0.4 is 11.1 Å². The monoisotopic (exact) mass is 285 g/mol. The number of aromatic amines is 1. The Labute approximate surface area is 103 Å². The molecular formula is C11H16BrN3O. The highest BCUT2D eigenvalue weighted by Gasteiger charge is 2.41. The first-order chi connectivity index (χ1) is 7.55. The van der Waals surface area contributed by atoms with E-state index in [1.165, 1.54) is 0 Å². The lowest BCUT2D eigenvalue weighted by Gasteiger charge is -2.29. The Morgan fingerprint density at radius 3 is 2.88 bits per heavy atom. The minimum Gasteiger partial charge on any atom is -0.356 e. The molecule has 1 unspecified atom stereocenters. The fourth-order valence-corrected chi connectivity index (χ4v) is 2.21. The lowest BCUT2D eigenvalue weighted by Crippen LogP contribution is -2.53. The molecule has 1 fully saturated rings. The number of nitrogens with two attached hydrogens (primary N) is 1. The molecule has 4 N–H and O–H groups in total. The van der Waals surface area contributed by atoms with Gasteiger partial charge in [0.1, 0.15) is 5.69 Å². The second-order valence-corrected chi connectivity index (χ2v) is 5.50. The van der Waals surface area contributed by atoms with Gasteiger partial charge in [0.05, 0.1) is 5.54 Å². The van der Waals surface area contributed by atoms with Crippen molar-refractivity contribution in [2.75, 3.05) is 6.54 Å². The highest BCUT2D eigenvalue weighted by molar-refractivity contribution is 9.10. The van der Waals surface area contributed by atoms with E-state index in [0.29, 0.717) is 18.2 Å². The standard InChI is InChI=1S/C11H16BrN3O/c1-11(6-13,7-2-3-7)15-10(16)9-4-8(12)5-14-9/h4-5,7,14H,2-3,6,13H2,1H3,(H,15,16). The molecule has 0 saturated heterocycles. The smallest absolute Gasteiger partial charge is 0.268 e. The van der Waals surface area contributed by atoms with Gasteiger partial charge in [0.25, 0.3) is 5.91 Å². The van der Waals surface area contributed by atoms with Crippen LogP contribution in [0.1, 0.15) is 30.3 Å². The van der Waals surface area contributed by atoms with Gasteiger partial charge in [-0.2, -0.15) is 0 Å². The molecule has 1 heterocycles. The number of hydrogen-bond donors (Lipinski definition) is 3. The fraction of sp³-hybridized carbons (Fsp3) is 0.545. The van der Waals surface area contributed by atoms with Gasteiger partial charge in [0, 0.05) is 17.2 Å². The van der Waals surface area contributed by atoms with Crippen molar-refractivity contribution in [3.05, 3.63) is 22.4 Å². The highest BCUT2D eigenvalue weighted by atomic mass is 79.9. The van der Waals surface area contributed by atoms with Gasteiger partial charge in [-0.25, -0.2) is 0 Å². The third kappa shape index (κ3) is 2.30. The summed E-state index contributed by atoms with van der Waals surface area (Å²) in [6.45, 7) is 2.49. The normalized spacial score (nSPS) is 19.2. The van der Waals surface area contributed by atoms with E-state index in [1.54, 1.807) is 12.3 Å². The zero-order valence-electron chi connectivity index (χ0n) is 9.22. The van der Waals surface area contributed by atoms with Gasteiger partial charge in [-0.05, 0) is 47.7 Å². The number of H-pyrrole nitrogens is 1. The van der Waals surface area contributed by atoms with Crippen LogP contribution in [0.15, 0.2) is 16.7 Å². The molecule has 88 valence electrons. The van der Waals surface area contributed by atoms with E-state index in [9.17, 15) is 4.79 Å². The molecule has 1 atom stereocenters. The Morgan fingerprint density at radius 1 is 1.75 bits per heavy atom. The number of carbonyl (C=O) groups is 1. The van der Waals surface area contributed by atoms with E-state index in [0.717, 1.165) is 17.3 Å². The SMILES string of the molecule is CC(CN)(NC(=O)c1cc(Br)c[nH]1)C1CC1. The second-order valence-electron chi connectivity index (χ2n) is 4.58. The third-order valence-corrected chi connectivity index (χ3v) is 3.65. The van der Waals surface area contributed by atoms with Crippen LogP contribution in [0.3, 0.4) is 0 Å². The van der Waals surface area contributed by atoms with Crippen molar-refractivity contribution in [2.45, 2.75) is 25.3 Å². The van der Waals surface area contributed by atoms with Crippen LogP contribution in [0.4, 0.5) is 0 Å². The first kappa shape index (κ1) is 11.7. The second kappa shape index (κ2) is 4.22. The van der Waals surface area contributed by atoms with Gasteiger partial charge >= 0.3 is 0 Å². The summed E-state index contributed by atoms with van der Waals surface area (Å²) < 4.78 is 0.874. The predicted octanol–water partition coefficient (Wildman–Crippen LogP) is 1.63. The minimum absolute atomic E-state index is 0.0921. The maximum absolute atomic E-state index is 11.9. The zero-order chi connectivity index (χ0) is 11.8. The summed E-state index contributed by atoms with van der Waals surface area (Å²) in [5.74, 6) is 0.436. The van der Waals surface area contributed by atoms with Gasteiger partial charge in [-0.3, -0.25) is 4.79 Å². The molecule has 1 saturated carbocycles. The molecule has 0 radical (unpaired) electrons. The molecule has 5 heteroatoms. The molecule has 4 nitrogen and oxygen atoms in total. The largest absolute Gasteiger partial charge is 0.356 e. The predicted molar refractivity (Wildman–Crippen MR) is 66.1 cm³/mol. The Balaban J connectivity index is 2.06. The van der Waals surface area contributed by atoms with Gasteiger partial charge < -0.3 is 16.0 Å². The van der Waals surface area contributed by atoms with E-state index >= 15 is 0 Å². The van der Waals surface area contributed by atoms with Crippen LogP contribution in [0.25, 0.3) is 0 Å². The third-order valence-electron chi connectivity index (χ3n) is 3.19. The number of carbonyl (C=O) groups excluding carboxylic acids is 1. The summed E-state index contributed by atoms with van der Waals surface area (Å²) in [7, 11) is 0. The van der Waals surface area contributed by atoms with E-state index < -0.39 is 0 Å². The Hall–Kier alpha value is -0.810. The van der Waals surface area contributed by atoms with E-state index in [2.05, 4.69) is 26.2 Å². The Bertz CT molecular complexity index is 400. The maximum atomic E-state index is 11.9. The van der Waals surface area contributed by atoms with Crippen molar-refractivity contribution in [3.63, 3.8) is 0 Å². The highest BCUT2D eigenvalue weighted by Crippen LogP contribution is 2.39. The van der Waals surface area contributed by atoms with Crippen molar-refractivity contribution < 1.29 is 4.79 Å². The number of aromatic nitrogens is 1. The summed E-state index contributed by atoms with van der Waals surface area (Å²) in [6.07, 6.45) is 4.05. The Morgan fingerprint density at radius 2 is 2.44 bits per heavy atom. The molecule has 16 heavy (non-hydrogen) atoms. The average Bonchev–Trinajstić information content (AvgIpc) is 3.02. The molecule has 0 spiro atoms. The number of hydrogen-bond acceptors (Lipinski definition) is 2. The van der Waals surface area contributed by atoms with Gasteiger partial charge in [0.2, 0.25) is 0 Å². The van der Waals surface area contributed by atoms with E-state index in [-0.39, 0.29) is 11.4 Å². The summed E-state index contributed by atoms with van der Waals surface area (Å²) in [5.41, 5.74) is 6.04. The topological polar surface area (TPSA) is 70.9 Å². The van der Waals surface area contributed by atoms with Crippen LogP contribution in [0.2, 0.25) is 0 Å². The van der Waals surface area contributed by atoms with Crippen LogP contribution in [-0.2, 0) is 0 Å². The molecule has 0 bridgehead atoms. The maximum Gasteiger partial charge on any atom is 0.268 e. The van der Waals surface area contributed by atoms with Crippen LogP contribution >= 0.6 is 15.9 Å². The summed E-state index contributed by atoms with van der Waals surface area (Å²) in [6, 6.07) is 1.76. The zero-order valence-corrected chi connectivity index (χ0v) is 10.8. The molecule has 1 aromatic heterocycles. The summed E-state index contributed by atoms with van der Waals surface area (Å²) >= 11 is 3.30. The molecule has 1 aromatic rings. The van der Waals surface area contributed by atoms with Crippen LogP contribution in [0, 0.1) is 5.92 Å². The molecule has 1 aliphatic rings. The Kier molecular flexibility index (Phi) is 3.08. The number of rotatable bonds is 4. The fourth-order valence-electron chi connectivity index (χ4n) is 1.87. The van der Waals surface area contributed by atoms with Gasteiger partial charge in [-0.15, -0.1) is 0 Å².